The van der Waals surface area contributed by atoms with Crippen molar-refractivity contribution in [2.45, 2.75) is 44.4 Å². The first kappa shape index (κ1) is 19.6. The minimum atomic E-state index is -0.500. The van der Waals surface area contributed by atoms with E-state index in [9.17, 15) is 9.59 Å². The number of ether oxygens (including phenoxy) is 3. The predicted octanol–water partition coefficient (Wildman–Crippen LogP) is 2.51. The average molecular weight is 376 g/mol. The van der Waals surface area contributed by atoms with Gasteiger partial charge in [-0.1, -0.05) is 12.1 Å². The van der Waals surface area contributed by atoms with E-state index < -0.39 is 5.60 Å². The topological polar surface area (TPSA) is 77.1 Å². The van der Waals surface area contributed by atoms with Gasteiger partial charge in [-0.05, 0) is 44.9 Å². The van der Waals surface area contributed by atoms with E-state index >= 15 is 0 Å². The quantitative estimate of drug-likeness (QED) is 0.800. The molecule has 2 atom stereocenters. The van der Waals surface area contributed by atoms with Crippen molar-refractivity contribution in [2.75, 3.05) is 33.4 Å². The Bertz CT molecular complexity index is 687. The minimum Gasteiger partial charge on any atom is -0.465 e. The summed E-state index contributed by atoms with van der Waals surface area (Å²) in [6.07, 6.45) is 0.497. The summed E-state index contributed by atoms with van der Waals surface area (Å²) < 4.78 is 16.4. The van der Waals surface area contributed by atoms with E-state index in [0.717, 1.165) is 12.0 Å². The highest BCUT2D eigenvalue weighted by atomic mass is 16.6. The van der Waals surface area contributed by atoms with Crippen LogP contribution in [0.2, 0.25) is 0 Å². The maximum absolute atomic E-state index is 12.3. The van der Waals surface area contributed by atoms with Crippen molar-refractivity contribution in [1.29, 1.82) is 0 Å². The second-order valence-corrected chi connectivity index (χ2v) is 8.19. The molecule has 1 aromatic rings. The molecule has 2 fully saturated rings. The molecule has 0 radical (unpaired) electrons. The van der Waals surface area contributed by atoms with E-state index in [1.807, 2.05) is 32.9 Å². The number of hydrogen-bond donors (Lipinski definition) is 1. The molecule has 0 unspecified atom stereocenters. The first-order valence-electron chi connectivity index (χ1n) is 9.25. The first-order valence-corrected chi connectivity index (χ1v) is 9.25. The van der Waals surface area contributed by atoms with E-state index in [4.69, 9.17) is 14.2 Å². The van der Waals surface area contributed by atoms with E-state index in [1.165, 1.54) is 7.11 Å². The Labute approximate surface area is 160 Å². The summed E-state index contributed by atoms with van der Waals surface area (Å²) in [5.74, 6) is -0.346. The maximum Gasteiger partial charge on any atom is 0.410 e. The number of likely N-dealkylation sites (tertiary alicyclic amines) is 1. The molecule has 0 aliphatic carbocycles. The van der Waals surface area contributed by atoms with Crippen molar-refractivity contribution in [1.82, 2.24) is 10.2 Å². The lowest BCUT2D eigenvalue weighted by Crippen LogP contribution is -2.53. The van der Waals surface area contributed by atoms with Gasteiger partial charge in [-0.25, -0.2) is 9.59 Å². The largest absolute Gasteiger partial charge is 0.465 e. The summed E-state index contributed by atoms with van der Waals surface area (Å²) in [4.78, 5) is 25.5. The lowest BCUT2D eigenvalue weighted by atomic mass is 9.97. The summed E-state index contributed by atoms with van der Waals surface area (Å²) >= 11 is 0. The van der Waals surface area contributed by atoms with Crippen molar-refractivity contribution < 1.29 is 23.8 Å². The number of hydrogen-bond acceptors (Lipinski definition) is 6. The van der Waals surface area contributed by atoms with Gasteiger partial charge < -0.3 is 24.4 Å². The smallest absolute Gasteiger partial charge is 0.410 e. The van der Waals surface area contributed by atoms with Gasteiger partial charge in [0.2, 0.25) is 0 Å². The van der Waals surface area contributed by atoms with Gasteiger partial charge in [0.25, 0.3) is 0 Å². The molecule has 7 heteroatoms. The molecular weight excluding hydrogens is 348 g/mol. The van der Waals surface area contributed by atoms with Gasteiger partial charge in [-0.15, -0.1) is 0 Å². The fourth-order valence-electron chi connectivity index (χ4n) is 3.45. The molecule has 1 aromatic carbocycles. The lowest BCUT2D eigenvalue weighted by Gasteiger charge is -2.38. The number of nitrogens with one attached hydrogen (secondary N) is 1. The van der Waals surface area contributed by atoms with Crippen LogP contribution in [0.4, 0.5) is 4.79 Å². The molecule has 7 nitrogen and oxygen atoms in total. The van der Waals surface area contributed by atoms with Crippen LogP contribution in [0.25, 0.3) is 0 Å². The zero-order valence-corrected chi connectivity index (χ0v) is 16.4. The van der Waals surface area contributed by atoms with Crippen LogP contribution in [0.5, 0.6) is 0 Å². The number of morpholine rings is 1. The molecule has 2 aliphatic heterocycles. The molecule has 1 spiro atoms. The van der Waals surface area contributed by atoms with Gasteiger partial charge in [0.05, 0.1) is 37.5 Å². The molecule has 2 saturated heterocycles. The lowest BCUT2D eigenvalue weighted by molar-refractivity contribution is -0.0762. The molecule has 0 aromatic heterocycles. The third kappa shape index (κ3) is 4.59. The highest BCUT2D eigenvalue weighted by molar-refractivity contribution is 5.89. The van der Waals surface area contributed by atoms with Gasteiger partial charge in [0, 0.05) is 13.1 Å². The zero-order valence-electron chi connectivity index (χ0n) is 16.4. The number of amides is 1. The van der Waals surface area contributed by atoms with Crippen LogP contribution in [0.1, 0.15) is 49.2 Å². The monoisotopic (exact) mass is 376 g/mol. The van der Waals surface area contributed by atoms with Crippen molar-refractivity contribution >= 4 is 12.1 Å². The van der Waals surface area contributed by atoms with Gasteiger partial charge in [-0.3, -0.25) is 0 Å². The van der Waals surface area contributed by atoms with Crippen molar-refractivity contribution in [3.8, 4) is 0 Å². The molecule has 2 aliphatic rings. The SMILES string of the molecule is COC(=O)c1ccc([C@H]2CO[C@]3(CCN(C(=O)OC(C)(C)C)C3)CN2)cc1. The van der Waals surface area contributed by atoms with Crippen LogP contribution in [0, 0.1) is 0 Å². The summed E-state index contributed by atoms with van der Waals surface area (Å²) in [5, 5.41) is 3.52. The minimum absolute atomic E-state index is 0.0536. The normalized spacial score (nSPS) is 25.5. The van der Waals surface area contributed by atoms with Crippen LogP contribution in [0.3, 0.4) is 0 Å². The van der Waals surface area contributed by atoms with Crippen LogP contribution < -0.4 is 5.32 Å². The second-order valence-electron chi connectivity index (χ2n) is 8.19. The third-order valence-electron chi connectivity index (χ3n) is 4.93. The Kier molecular flexibility index (Phi) is 5.44. The van der Waals surface area contributed by atoms with Crippen LogP contribution in [0.15, 0.2) is 24.3 Å². The summed E-state index contributed by atoms with van der Waals surface area (Å²) in [7, 11) is 1.37. The Morgan fingerprint density at radius 2 is 1.96 bits per heavy atom. The molecule has 1 N–H and O–H groups in total. The fourth-order valence-corrected chi connectivity index (χ4v) is 3.45. The van der Waals surface area contributed by atoms with Crippen LogP contribution in [-0.4, -0.2) is 61.5 Å². The van der Waals surface area contributed by atoms with Gasteiger partial charge in [0.1, 0.15) is 5.60 Å². The third-order valence-corrected chi connectivity index (χ3v) is 4.93. The van der Waals surface area contributed by atoms with E-state index in [0.29, 0.717) is 31.8 Å². The van der Waals surface area contributed by atoms with Gasteiger partial charge in [0.15, 0.2) is 0 Å². The maximum atomic E-state index is 12.3. The number of methoxy groups -OCH3 is 1. The van der Waals surface area contributed by atoms with E-state index in [1.54, 1.807) is 17.0 Å². The number of benzene rings is 1. The van der Waals surface area contributed by atoms with Crippen LogP contribution >= 0.6 is 0 Å². The first-order chi connectivity index (χ1) is 12.7. The molecular formula is C20H28N2O5. The molecule has 27 heavy (non-hydrogen) atoms. The highest BCUT2D eigenvalue weighted by Gasteiger charge is 2.44. The summed E-state index contributed by atoms with van der Waals surface area (Å²) in [5.41, 5.74) is 0.719. The number of nitrogens with zero attached hydrogens (tertiary/aromatic N) is 1. The number of carbonyl (C=O) groups excluding carboxylic acids is 2. The average Bonchev–Trinajstić information content (AvgIpc) is 3.04. The molecule has 0 saturated carbocycles. The number of rotatable bonds is 2. The Morgan fingerprint density at radius 3 is 2.52 bits per heavy atom. The highest BCUT2D eigenvalue weighted by Crippen LogP contribution is 2.31. The second kappa shape index (κ2) is 7.48. The Morgan fingerprint density at radius 1 is 1.26 bits per heavy atom. The predicted molar refractivity (Wildman–Crippen MR) is 99.6 cm³/mol. The Hall–Kier alpha value is -2.12. The van der Waals surface area contributed by atoms with Crippen molar-refractivity contribution in [2.24, 2.45) is 0 Å². The van der Waals surface area contributed by atoms with Crippen molar-refractivity contribution in [3.05, 3.63) is 35.4 Å². The van der Waals surface area contributed by atoms with Gasteiger partial charge in [-0.2, -0.15) is 0 Å². The zero-order chi connectivity index (χ0) is 19.7. The molecule has 148 valence electrons. The summed E-state index contributed by atoms with van der Waals surface area (Å²) in [6, 6.07) is 7.39. The molecule has 0 bridgehead atoms. The van der Waals surface area contributed by atoms with Crippen molar-refractivity contribution in [3.63, 3.8) is 0 Å². The summed E-state index contributed by atoms with van der Waals surface area (Å²) in [6.45, 7) is 7.94. The van der Waals surface area contributed by atoms with Crippen LogP contribution in [-0.2, 0) is 14.2 Å². The number of esters is 1. The van der Waals surface area contributed by atoms with E-state index in [2.05, 4.69) is 5.32 Å². The fraction of sp³-hybridized carbons (Fsp3) is 0.600. The Balaban J connectivity index is 1.56. The molecule has 3 rings (SSSR count). The van der Waals surface area contributed by atoms with E-state index in [-0.39, 0.29) is 23.7 Å². The van der Waals surface area contributed by atoms with Gasteiger partial charge >= 0.3 is 12.1 Å². The number of carbonyl (C=O) groups is 2. The standard InChI is InChI=1S/C20H28N2O5/c1-19(2,3)27-18(24)22-10-9-20(13-22)12-21-16(11-26-20)14-5-7-15(8-6-14)17(23)25-4/h5-8,16,21H,9-13H2,1-4H3/t16-,20-/m1/s1. The molecule has 2 heterocycles. The molecule has 1 amide bonds.